The smallest absolute Gasteiger partial charge is 0.233 e. The van der Waals surface area contributed by atoms with Crippen LogP contribution in [0.3, 0.4) is 0 Å². The third kappa shape index (κ3) is 7.47. The summed E-state index contributed by atoms with van der Waals surface area (Å²) in [5, 5.41) is 1.36. The van der Waals surface area contributed by atoms with Crippen LogP contribution in [0, 0.1) is 0 Å². The number of halogens is 8. The summed E-state index contributed by atoms with van der Waals surface area (Å²) >= 11 is 29.1. The quantitative estimate of drug-likeness (QED) is 0.221. The van der Waals surface area contributed by atoms with Crippen molar-refractivity contribution in [2.75, 3.05) is 10.7 Å². The molecule has 184 valence electrons. The van der Waals surface area contributed by atoms with Crippen molar-refractivity contribution in [1.29, 1.82) is 0 Å². The van der Waals surface area contributed by atoms with Crippen LogP contribution in [0.5, 0.6) is 11.5 Å². The molecule has 2 unspecified atom stereocenters. The molecule has 2 atom stereocenters. The highest BCUT2D eigenvalue weighted by Gasteiger charge is 2.45. The highest BCUT2D eigenvalue weighted by molar-refractivity contribution is 9.26. The lowest BCUT2D eigenvalue weighted by Crippen LogP contribution is -2.43. The van der Waals surface area contributed by atoms with Crippen LogP contribution in [0.25, 0.3) is 0 Å². The van der Waals surface area contributed by atoms with Gasteiger partial charge in [0.15, 0.2) is 0 Å². The molecule has 0 saturated carbocycles. The molecule has 0 bridgehead atoms. The minimum absolute atomic E-state index is 0.290. The number of hydrogen-bond acceptors (Lipinski definition) is 2. The molecule has 2 aromatic carbocycles. The van der Waals surface area contributed by atoms with Gasteiger partial charge in [0.1, 0.15) is 11.5 Å². The summed E-state index contributed by atoms with van der Waals surface area (Å²) in [4.78, 5) is 0. The molecule has 2 nitrogen and oxygen atoms in total. The fourth-order valence-corrected chi connectivity index (χ4v) is 6.49. The number of benzene rings is 2. The predicted octanol–water partition coefficient (Wildman–Crippen LogP) is 10.8. The Morgan fingerprint density at radius 1 is 0.606 bits per heavy atom. The number of rotatable bonds is 10. The van der Waals surface area contributed by atoms with E-state index in [1.54, 1.807) is 0 Å². The zero-order valence-electron chi connectivity index (χ0n) is 18.4. The standard InChI is InChI=1S/C23H24Br8O2/c1-19(2,15-7-5-9-17(11-15)32-22(28,29)20(3,26)13-24)16-8-6-10-18(12-16)33-23(30,31)21(4,27)14-25/h5-12H,13-14H2,1-4H3. The van der Waals surface area contributed by atoms with Crippen molar-refractivity contribution in [3.8, 4) is 11.5 Å². The fourth-order valence-electron chi connectivity index (χ4n) is 2.73. The third-order valence-electron chi connectivity index (χ3n) is 5.32. The molecule has 0 saturated heterocycles. The van der Waals surface area contributed by atoms with Crippen LogP contribution in [-0.2, 0) is 5.41 Å². The first-order chi connectivity index (χ1) is 15.0. The molecule has 33 heavy (non-hydrogen) atoms. The second-order valence-corrected chi connectivity index (χ2v) is 19.8. The average Bonchev–Trinajstić information content (AvgIpc) is 2.73. The third-order valence-corrected chi connectivity index (χ3v) is 17.0. The Morgan fingerprint density at radius 3 is 1.24 bits per heavy atom. The molecule has 0 fully saturated rings. The second kappa shape index (κ2) is 11.7. The van der Waals surface area contributed by atoms with Gasteiger partial charge in [-0.25, -0.2) is 0 Å². The van der Waals surface area contributed by atoms with E-state index in [4.69, 9.17) is 9.47 Å². The van der Waals surface area contributed by atoms with Crippen molar-refractivity contribution < 1.29 is 9.47 Å². The number of alkyl halides is 8. The normalized spacial score (nSPS) is 16.6. The lowest BCUT2D eigenvalue weighted by Gasteiger charge is -2.36. The minimum Gasteiger partial charge on any atom is -0.465 e. The van der Waals surface area contributed by atoms with Gasteiger partial charge in [0.25, 0.3) is 0 Å². The van der Waals surface area contributed by atoms with E-state index in [0.29, 0.717) is 10.7 Å². The van der Waals surface area contributed by atoms with Crippen LogP contribution in [0.2, 0.25) is 0 Å². The average molecular weight is 972 g/mol. The van der Waals surface area contributed by atoms with Crippen molar-refractivity contribution >= 4 is 127 Å². The molecule has 0 radical (unpaired) electrons. The SMILES string of the molecule is CC(C)(c1cccc(OC(Br)(Br)C(C)(Br)CBr)c1)c1cccc(OC(Br)(Br)C(C)(Br)CBr)c1. The van der Waals surface area contributed by atoms with Gasteiger partial charge in [0.05, 0.1) is 8.65 Å². The van der Waals surface area contributed by atoms with Gasteiger partial charge in [-0.1, -0.05) is 102 Å². The van der Waals surface area contributed by atoms with Gasteiger partial charge >= 0.3 is 0 Å². The molecule has 0 aliphatic heterocycles. The molecule has 0 aliphatic rings. The number of ether oxygens (including phenoxy) is 2. The zero-order valence-corrected chi connectivity index (χ0v) is 31.1. The highest BCUT2D eigenvalue weighted by Crippen LogP contribution is 2.48. The van der Waals surface area contributed by atoms with E-state index in [9.17, 15) is 0 Å². The predicted molar refractivity (Wildman–Crippen MR) is 170 cm³/mol. The Bertz CT molecular complexity index is 881. The lowest BCUT2D eigenvalue weighted by molar-refractivity contribution is 0.240. The van der Waals surface area contributed by atoms with E-state index >= 15 is 0 Å². The lowest BCUT2D eigenvalue weighted by atomic mass is 9.78. The van der Waals surface area contributed by atoms with Crippen molar-refractivity contribution in [2.24, 2.45) is 0 Å². The Morgan fingerprint density at radius 2 is 0.939 bits per heavy atom. The van der Waals surface area contributed by atoms with Gasteiger partial charge in [-0.2, -0.15) is 0 Å². The summed E-state index contributed by atoms with van der Waals surface area (Å²) in [7, 11) is 0. The Labute approximate surface area is 264 Å². The minimum atomic E-state index is -0.792. The van der Waals surface area contributed by atoms with Gasteiger partial charge in [-0.3, -0.25) is 0 Å². The largest absolute Gasteiger partial charge is 0.465 e. The molecular weight excluding hydrogens is 947 g/mol. The first kappa shape index (κ1) is 31.1. The summed E-state index contributed by atoms with van der Waals surface area (Å²) < 4.78 is 10.2. The maximum atomic E-state index is 6.28. The van der Waals surface area contributed by atoms with Crippen molar-refractivity contribution in [2.45, 2.75) is 48.6 Å². The summed E-state index contributed by atoms with van der Waals surface area (Å²) in [5.41, 5.74) is 1.96. The summed E-state index contributed by atoms with van der Waals surface area (Å²) in [5.74, 6) is 1.50. The van der Waals surface area contributed by atoms with Crippen LogP contribution in [0.1, 0.15) is 38.8 Å². The molecule has 0 N–H and O–H groups in total. The van der Waals surface area contributed by atoms with Crippen molar-refractivity contribution in [3.05, 3.63) is 59.7 Å². The topological polar surface area (TPSA) is 18.5 Å². The Hall–Kier alpha value is 1.88. The van der Waals surface area contributed by atoms with Gasteiger partial charge in [-0.05, 0) is 113 Å². The fraction of sp³-hybridized carbons (Fsp3) is 0.478. The van der Waals surface area contributed by atoms with E-state index < -0.39 is 6.84 Å². The summed E-state index contributed by atoms with van der Waals surface area (Å²) in [6, 6.07) is 16.3. The van der Waals surface area contributed by atoms with E-state index in [1.165, 1.54) is 0 Å². The van der Waals surface area contributed by atoms with Gasteiger partial charge in [0.2, 0.25) is 6.84 Å². The maximum Gasteiger partial charge on any atom is 0.233 e. The highest BCUT2D eigenvalue weighted by atomic mass is 79.9. The monoisotopic (exact) mass is 964 g/mol. The first-order valence-corrected chi connectivity index (χ1v) is 16.8. The van der Waals surface area contributed by atoms with Gasteiger partial charge < -0.3 is 9.47 Å². The molecule has 0 spiro atoms. The number of hydrogen-bond donors (Lipinski definition) is 0. The van der Waals surface area contributed by atoms with Gasteiger partial charge in [0, 0.05) is 16.1 Å². The summed E-state index contributed by atoms with van der Waals surface area (Å²) in [6.07, 6.45) is 0. The molecule has 2 rings (SSSR count). The molecule has 0 aliphatic carbocycles. The van der Waals surface area contributed by atoms with Crippen LogP contribution in [-0.4, -0.2) is 26.1 Å². The first-order valence-electron chi connectivity index (χ1n) is 9.83. The van der Waals surface area contributed by atoms with Gasteiger partial charge in [-0.15, -0.1) is 0 Å². The molecule has 2 aromatic rings. The molecule has 0 heterocycles. The Balaban J connectivity index is 2.36. The molecule has 0 aromatic heterocycles. The van der Waals surface area contributed by atoms with E-state index in [-0.39, 0.29) is 14.1 Å². The molecular formula is C23H24Br8O2. The summed E-state index contributed by atoms with van der Waals surface area (Å²) in [6.45, 7) is 8.45. The van der Waals surface area contributed by atoms with Crippen LogP contribution in [0.4, 0.5) is 0 Å². The van der Waals surface area contributed by atoms with Crippen LogP contribution >= 0.6 is 127 Å². The van der Waals surface area contributed by atoms with E-state index in [0.717, 1.165) is 22.6 Å². The zero-order chi connectivity index (χ0) is 25.3. The Kier molecular flexibility index (Phi) is 11.1. The second-order valence-electron chi connectivity index (χ2n) is 8.58. The van der Waals surface area contributed by atoms with E-state index in [2.05, 4.69) is 166 Å². The van der Waals surface area contributed by atoms with Crippen LogP contribution < -0.4 is 9.47 Å². The maximum absolute atomic E-state index is 6.28. The van der Waals surface area contributed by atoms with Crippen LogP contribution in [0.15, 0.2) is 48.5 Å². The molecule has 0 amide bonds. The van der Waals surface area contributed by atoms with E-state index in [1.807, 2.05) is 38.1 Å². The van der Waals surface area contributed by atoms with Crippen molar-refractivity contribution in [3.63, 3.8) is 0 Å². The van der Waals surface area contributed by atoms with Crippen molar-refractivity contribution in [1.82, 2.24) is 0 Å². The molecule has 10 heteroatoms.